The smallest absolute Gasteiger partial charge is 0.147 e. The molecular formula is C10H10N2O. The van der Waals surface area contributed by atoms with Crippen LogP contribution < -0.4 is 4.74 Å². The highest BCUT2D eigenvalue weighted by atomic mass is 16.5. The SMILES string of the molecule is Cc1c(OC2CC2)ccnc1C#N. The van der Waals surface area contributed by atoms with E-state index in [1.54, 1.807) is 6.20 Å². The Kier molecular flexibility index (Phi) is 1.90. The number of pyridine rings is 1. The predicted molar refractivity (Wildman–Crippen MR) is 47.3 cm³/mol. The average molecular weight is 174 g/mol. The molecule has 0 amide bonds. The highest BCUT2D eigenvalue weighted by Crippen LogP contribution is 2.29. The van der Waals surface area contributed by atoms with Gasteiger partial charge in [-0.15, -0.1) is 0 Å². The van der Waals surface area contributed by atoms with Crippen molar-refractivity contribution in [3.05, 3.63) is 23.5 Å². The van der Waals surface area contributed by atoms with Crippen LogP contribution in [-0.4, -0.2) is 11.1 Å². The minimum absolute atomic E-state index is 0.368. The van der Waals surface area contributed by atoms with E-state index in [4.69, 9.17) is 10.00 Å². The molecule has 2 rings (SSSR count). The van der Waals surface area contributed by atoms with Crippen LogP contribution in [0, 0.1) is 18.3 Å². The first-order valence-corrected chi connectivity index (χ1v) is 4.33. The largest absolute Gasteiger partial charge is 0.490 e. The lowest BCUT2D eigenvalue weighted by Crippen LogP contribution is -2.00. The van der Waals surface area contributed by atoms with Crippen molar-refractivity contribution in [2.24, 2.45) is 0 Å². The van der Waals surface area contributed by atoms with E-state index in [2.05, 4.69) is 4.98 Å². The van der Waals surface area contributed by atoms with Gasteiger partial charge >= 0.3 is 0 Å². The molecule has 0 N–H and O–H groups in total. The zero-order valence-corrected chi connectivity index (χ0v) is 7.45. The molecular weight excluding hydrogens is 164 g/mol. The molecule has 66 valence electrons. The molecule has 0 spiro atoms. The van der Waals surface area contributed by atoms with E-state index in [0.717, 1.165) is 24.2 Å². The van der Waals surface area contributed by atoms with Crippen LogP contribution in [0.2, 0.25) is 0 Å². The van der Waals surface area contributed by atoms with E-state index < -0.39 is 0 Å². The maximum absolute atomic E-state index is 8.72. The summed E-state index contributed by atoms with van der Waals surface area (Å²) in [6, 6.07) is 3.85. The number of rotatable bonds is 2. The van der Waals surface area contributed by atoms with Gasteiger partial charge in [0.15, 0.2) is 0 Å². The summed E-state index contributed by atoms with van der Waals surface area (Å²) in [6.07, 6.45) is 4.24. The molecule has 0 bridgehead atoms. The fourth-order valence-electron chi connectivity index (χ4n) is 1.12. The van der Waals surface area contributed by atoms with Gasteiger partial charge in [0.2, 0.25) is 0 Å². The average Bonchev–Trinajstić information content (AvgIpc) is 2.92. The van der Waals surface area contributed by atoms with Crippen LogP contribution in [-0.2, 0) is 0 Å². The monoisotopic (exact) mass is 174 g/mol. The lowest BCUT2D eigenvalue weighted by atomic mass is 10.2. The van der Waals surface area contributed by atoms with Gasteiger partial charge in [0.25, 0.3) is 0 Å². The number of nitrogens with zero attached hydrogens (tertiary/aromatic N) is 2. The Morgan fingerprint density at radius 3 is 3.00 bits per heavy atom. The van der Waals surface area contributed by atoms with Crippen LogP contribution in [0.3, 0.4) is 0 Å². The van der Waals surface area contributed by atoms with Crippen molar-refractivity contribution in [3.63, 3.8) is 0 Å². The second-order valence-electron chi connectivity index (χ2n) is 3.21. The molecule has 3 nitrogen and oxygen atoms in total. The molecule has 0 aromatic carbocycles. The number of aromatic nitrogens is 1. The molecule has 1 aromatic heterocycles. The molecule has 3 heteroatoms. The summed E-state index contributed by atoms with van der Waals surface area (Å²) in [5, 5.41) is 8.72. The van der Waals surface area contributed by atoms with Crippen LogP contribution >= 0.6 is 0 Å². The van der Waals surface area contributed by atoms with Gasteiger partial charge in [-0.3, -0.25) is 0 Å². The molecule has 1 aromatic rings. The molecule has 1 heterocycles. The lowest BCUT2D eigenvalue weighted by Gasteiger charge is -2.07. The standard InChI is InChI=1S/C10H10N2O/c1-7-9(6-11)12-5-4-10(7)13-8-2-3-8/h4-5,8H,2-3H2,1H3. The van der Waals surface area contributed by atoms with E-state index >= 15 is 0 Å². The Bertz CT molecular complexity index is 364. The quantitative estimate of drug-likeness (QED) is 0.686. The van der Waals surface area contributed by atoms with Crippen molar-refractivity contribution in [2.75, 3.05) is 0 Å². The summed E-state index contributed by atoms with van der Waals surface area (Å²) in [5.41, 5.74) is 1.30. The summed E-state index contributed by atoms with van der Waals surface area (Å²) < 4.78 is 5.61. The van der Waals surface area contributed by atoms with E-state index in [9.17, 15) is 0 Å². The third-order valence-corrected chi connectivity index (χ3v) is 2.08. The molecule has 1 fully saturated rings. The molecule has 0 radical (unpaired) electrons. The zero-order chi connectivity index (χ0) is 9.26. The first-order valence-electron chi connectivity index (χ1n) is 4.33. The molecule has 0 unspecified atom stereocenters. The first-order chi connectivity index (χ1) is 6.31. The molecule has 1 saturated carbocycles. The Balaban J connectivity index is 2.28. The van der Waals surface area contributed by atoms with E-state index in [-0.39, 0.29) is 0 Å². The van der Waals surface area contributed by atoms with Gasteiger partial charge in [-0.2, -0.15) is 5.26 Å². The minimum Gasteiger partial charge on any atom is -0.490 e. The number of hydrogen-bond acceptors (Lipinski definition) is 3. The summed E-state index contributed by atoms with van der Waals surface area (Å²) in [7, 11) is 0. The van der Waals surface area contributed by atoms with Crippen molar-refractivity contribution in [2.45, 2.75) is 25.9 Å². The Hall–Kier alpha value is -1.56. The lowest BCUT2D eigenvalue weighted by molar-refractivity contribution is 0.300. The van der Waals surface area contributed by atoms with Crippen LogP contribution in [0.1, 0.15) is 24.1 Å². The van der Waals surface area contributed by atoms with Gasteiger partial charge in [0, 0.05) is 11.8 Å². The molecule has 1 aliphatic rings. The molecule has 0 aliphatic heterocycles. The van der Waals surface area contributed by atoms with Crippen molar-refractivity contribution in [1.82, 2.24) is 4.98 Å². The van der Waals surface area contributed by atoms with Crippen LogP contribution in [0.25, 0.3) is 0 Å². The van der Waals surface area contributed by atoms with E-state index in [0.29, 0.717) is 11.8 Å². The van der Waals surface area contributed by atoms with Crippen molar-refractivity contribution < 1.29 is 4.74 Å². The van der Waals surface area contributed by atoms with E-state index in [1.165, 1.54) is 0 Å². The summed E-state index contributed by atoms with van der Waals surface area (Å²) in [6.45, 7) is 1.86. The molecule has 0 saturated heterocycles. The van der Waals surface area contributed by atoms with Gasteiger partial charge in [-0.05, 0) is 25.8 Å². The fourth-order valence-corrected chi connectivity index (χ4v) is 1.12. The third kappa shape index (κ3) is 1.62. The van der Waals surface area contributed by atoms with Crippen molar-refractivity contribution in [1.29, 1.82) is 5.26 Å². The zero-order valence-electron chi connectivity index (χ0n) is 7.45. The first kappa shape index (κ1) is 8.06. The summed E-state index contributed by atoms with van der Waals surface area (Å²) >= 11 is 0. The Labute approximate surface area is 77.0 Å². The Morgan fingerprint density at radius 2 is 2.38 bits per heavy atom. The normalized spacial score (nSPS) is 15.1. The minimum atomic E-state index is 0.368. The summed E-state index contributed by atoms with van der Waals surface area (Å²) in [4.78, 5) is 3.94. The number of nitriles is 1. The molecule has 1 aliphatic carbocycles. The van der Waals surface area contributed by atoms with Gasteiger partial charge in [0.05, 0.1) is 6.10 Å². The van der Waals surface area contributed by atoms with Gasteiger partial charge in [-0.1, -0.05) is 0 Å². The summed E-state index contributed by atoms with van der Waals surface area (Å²) in [5.74, 6) is 0.800. The van der Waals surface area contributed by atoms with Gasteiger partial charge in [0.1, 0.15) is 17.5 Å². The van der Waals surface area contributed by atoms with Gasteiger partial charge < -0.3 is 4.74 Å². The molecule has 13 heavy (non-hydrogen) atoms. The topological polar surface area (TPSA) is 45.9 Å². The second kappa shape index (κ2) is 3.06. The van der Waals surface area contributed by atoms with Crippen molar-refractivity contribution >= 4 is 0 Å². The maximum atomic E-state index is 8.72. The van der Waals surface area contributed by atoms with Gasteiger partial charge in [-0.25, -0.2) is 4.98 Å². The second-order valence-corrected chi connectivity index (χ2v) is 3.21. The highest BCUT2D eigenvalue weighted by Gasteiger charge is 2.24. The number of ether oxygens (including phenoxy) is 1. The number of hydrogen-bond donors (Lipinski definition) is 0. The predicted octanol–water partition coefficient (Wildman–Crippen LogP) is 1.80. The van der Waals surface area contributed by atoms with Crippen LogP contribution in [0.4, 0.5) is 0 Å². The fraction of sp³-hybridized carbons (Fsp3) is 0.400. The molecule has 0 atom stereocenters. The Morgan fingerprint density at radius 1 is 1.62 bits per heavy atom. The highest BCUT2D eigenvalue weighted by molar-refractivity contribution is 5.40. The van der Waals surface area contributed by atoms with Crippen molar-refractivity contribution in [3.8, 4) is 11.8 Å². The van der Waals surface area contributed by atoms with E-state index in [1.807, 2.05) is 19.1 Å². The van der Waals surface area contributed by atoms with Crippen LogP contribution in [0.15, 0.2) is 12.3 Å². The van der Waals surface area contributed by atoms with Crippen LogP contribution in [0.5, 0.6) is 5.75 Å². The third-order valence-electron chi connectivity index (χ3n) is 2.08. The maximum Gasteiger partial charge on any atom is 0.147 e.